The molecule has 134 valence electrons. The smallest absolute Gasteiger partial charge is 0.337 e. The van der Waals surface area contributed by atoms with Crippen LogP contribution in [0.5, 0.6) is 0 Å². The van der Waals surface area contributed by atoms with E-state index in [2.05, 4.69) is 42.5 Å². The lowest BCUT2D eigenvalue weighted by Crippen LogP contribution is -2.44. The molecule has 2 aromatic rings. The van der Waals surface area contributed by atoms with Gasteiger partial charge in [-0.25, -0.2) is 4.79 Å². The third-order valence-corrected chi connectivity index (χ3v) is 6.04. The van der Waals surface area contributed by atoms with E-state index in [1.165, 1.54) is 18.2 Å². The van der Waals surface area contributed by atoms with E-state index in [1.807, 2.05) is 18.2 Å². The Balaban J connectivity index is 1.80. The Kier molecular flexibility index (Phi) is 4.41. The van der Waals surface area contributed by atoms with Crippen LogP contribution in [0.15, 0.2) is 54.6 Å². The molecule has 0 amide bonds. The first-order chi connectivity index (χ1) is 12.6. The van der Waals surface area contributed by atoms with E-state index in [0.717, 1.165) is 31.2 Å². The van der Waals surface area contributed by atoms with Crippen LogP contribution < -0.4 is 0 Å². The van der Waals surface area contributed by atoms with E-state index in [1.54, 1.807) is 0 Å². The van der Waals surface area contributed by atoms with Crippen molar-refractivity contribution in [2.24, 2.45) is 5.92 Å². The van der Waals surface area contributed by atoms with E-state index in [-0.39, 0.29) is 17.5 Å². The Morgan fingerprint density at radius 2 is 2.04 bits per heavy atom. The molecule has 4 rings (SSSR count). The monoisotopic (exact) mass is 348 g/mol. The van der Waals surface area contributed by atoms with Crippen LogP contribution in [-0.2, 0) is 16.6 Å². The van der Waals surface area contributed by atoms with Crippen LogP contribution in [-0.4, -0.2) is 24.3 Å². The van der Waals surface area contributed by atoms with Gasteiger partial charge in [-0.1, -0.05) is 48.6 Å². The minimum Gasteiger partial charge on any atom is -0.465 e. The van der Waals surface area contributed by atoms with E-state index >= 15 is 0 Å². The van der Waals surface area contributed by atoms with Gasteiger partial charge >= 0.3 is 5.97 Å². The second-order valence-corrected chi connectivity index (χ2v) is 7.51. The fraction of sp³-hybridized carbons (Fsp3) is 0.348. The number of ether oxygens (including phenoxy) is 1. The number of hydrogen-bond acceptors (Lipinski definition) is 3. The highest BCUT2D eigenvalue weighted by Crippen LogP contribution is 2.50. The van der Waals surface area contributed by atoms with Crippen molar-refractivity contribution in [3.8, 4) is 0 Å². The van der Waals surface area contributed by atoms with E-state index in [4.69, 9.17) is 4.74 Å². The molecule has 0 aliphatic heterocycles. The Hall–Kier alpha value is -2.39. The molecule has 0 aromatic heterocycles. The molecule has 2 aliphatic carbocycles. The normalized spacial score (nSPS) is 26.7. The van der Waals surface area contributed by atoms with Gasteiger partial charge in [0.05, 0.1) is 18.8 Å². The first kappa shape index (κ1) is 17.0. The van der Waals surface area contributed by atoms with Crippen molar-refractivity contribution in [3.05, 3.63) is 76.9 Å². The Labute approximate surface area is 154 Å². The molecule has 3 atom stereocenters. The average molecular weight is 348 g/mol. The summed E-state index contributed by atoms with van der Waals surface area (Å²) in [6.45, 7) is 0. The lowest BCUT2D eigenvalue weighted by Gasteiger charge is -2.48. The summed E-state index contributed by atoms with van der Waals surface area (Å²) >= 11 is 0. The van der Waals surface area contributed by atoms with Crippen molar-refractivity contribution in [1.29, 1.82) is 0 Å². The van der Waals surface area contributed by atoms with E-state index < -0.39 is 0 Å². The third kappa shape index (κ3) is 2.86. The number of aliphatic hydroxyl groups excluding tert-OH is 1. The first-order valence-electron chi connectivity index (χ1n) is 9.25. The van der Waals surface area contributed by atoms with Gasteiger partial charge in [0.2, 0.25) is 0 Å². The average Bonchev–Trinajstić information content (AvgIpc) is 2.68. The molecule has 3 nitrogen and oxygen atoms in total. The van der Waals surface area contributed by atoms with Gasteiger partial charge in [0.15, 0.2) is 0 Å². The summed E-state index contributed by atoms with van der Waals surface area (Å²) in [6.07, 6.45) is 7.60. The SMILES string of the molecule is COC(=O)c1ccc2c(c1)C=CC1CC(O)CCC21Cc1ccccc1. The summed E-state index contributed by atoms with van der Waals surface area (Å²) in [6, 6.07) is 16.5. The number of rotatable bonds is 3. The second kappa shape index (κ2) is 6.73. The Morgan fingerprint density at radius 1 is 1.23 bits per heavy atom. The first-order valence-corrected chi connectivity index (χ1v) is 9.25. The van der Waals surface area contributed by atoms with Crippen LogP contribution in [0, 0.1) is 5.92 Å². The summed E-state index contributed by atoms with van der Waals surface area (Å²) < 4.78 is 4.87. The molecule has 26 heavy (non-hydrogen) atoms. The molecule has 1 N–H and O–H groups in total. The molecular weight excluding hydrogens is 324 g/mol. The number of carbonyl (C=O) groups is 1. The quantitative estimate of drug-likeness (QED) is 0.848. The number of benzene rings is 2. The molecule has 0 heterocycles. The van der Waals surface area contributed by atoms with Gasteiger partial charge in [-0.15, -0.1) is 0 Å². The Bertz CT molecular complexity index is 840. The molecular formula is C23H24O3. The van der Waals surface area contributed by atoms with Crippen LogP contribution in [0.3, 0.4) is 0 Å². The van der Waals surface area contributed by atoms with Crippen molar-refractivity contribution in [2.75, 3.05) is 7.11 Å². The van der Waals surface area contributed by atoms with Crippen molar-refractivity contribution >= 4 is 12.0 Å². The van der Waals surface area contributed by atoms with Crippen molar-refractivity contribution in [3.63, 3.8) is 0 Å². The van der Waals surface area contributed by atoms with Crippen LogP contribution in [0.2, 0.25) is 0 Å². The third-order valence-electron chi connectivity index (χ3n) is 6.04. The lowest BCUT2D eigenvalue weighted by molar-refractivity contribution is 0.0600. The number of allylic oxidation sites excluding steroid dienone is 1. The van der Waals surface area contributed by atoms with Crippen LogP contribution >= 0.6 is 0 Å². The van der Waals surface area contributed by atoms with Gasteiger partial charge in [0, 0.05) is 5.41 Å². The minimum absolute atomic E-state index is 0.0285. The van der Waals surface area contributed by atoms with E-state index in [9.17, 15) is 9.90 Å². The minimum atomic E-state index is -0.306. The predicted molar refractivity (Wildman–Crippen MR) is 102 cm³/mol. The molecule has 2 aromatic carbocycles. The maximum atomic E-state index is 11.9. The zero-order valence-electron chi connectivity index (χ0n) is 15.0. The van der Waals surface area contributed by atoms with Gasteiger partial charge in [-0.2, -0.15) is 0 Å². The van der Waals surface area contributed by atoms with Gasteiger partial charge < -0.3 is 9.84 Å². The zero-order chi connectivity index (χ0) is 18.1. The molecule has 2 aliphatic rings. The van der Waals surface area contributed by atoms with Gasteiger partial charge in [-0.3, -0.25) is 0 Å². The van der Waals surface area contributed by atoms with Gasteiger partial charge in [-0.05, 0) is 60.4 Å². The number of hydrogen-bond donors (Lipinski definition) is 1. The molecule has 3 heteroatoms. The molecule has 1 fully saturated rings. The molecule has 3 unspecified atom stereocenters. The molecule has 0 saturated heterocycles. The number of fused-ring (bicyclic) bond motifs is 3. The fourth-order valence-electron chi connectivity index (χ4n) is 4.74. The predicted octanol–water partition coefficient (Wildman–Crippen LogP) is 4.14. The van der Waals surface area contributed by atoms with Crippen LogP contribution in [0.1, 0.15) is 46.3 Å². The zero-order valence-corrected chi connectivity index (χ0v) is 15.0. The number of esters is 1. The number of methoxy groups -OCH3 is 1. The lowest BCUT2D eigenvalue weighted by atomic mass is 9.56. The van der Waals surface area contributed by atoms with Crippen LogP contribution in [0.4, 0.5) is 0 Å². The van der Waals surface area contributed by atoms with Crippen molar-refractivity contribution < 1.29 is 14.6 Å². The van der Waals surface area contributed by atoms with Crippen LogP contribution in [0.25, 0.3) is 6.08 Å². The van der Waals surface area contributed by atoms with Crippen molar-refractivity contribution in [1.82, 2.24) is 0 Å². The van der Waals surface area contributed by atoms with Crippen molar-refractivity contribution in [2.45, 2.75) is 37.2 Å². The maximum absolute atomic E-state index is 11.9. The summed E-state index contributed by atoms with van der Waals surface area (Å²) in [5, 5.41) is 10.2. The highest BCUT2D eigenvalue weighted by molar-refractivity contribution is 5.90. The topological polar surface area (TPSA) is 46.5 Å². The summed E-state index contributed by atoms with van der Waals surface area (Å²) in [7, 11) is 1.41. The molecule has 1 saturated carbocycles. The summed E-state index contributed by atoms with van der Waals surface area (Å²) in [5.41, 5.74) is 4.25. The summed E-state index contributed by atoms with van der Waals surface area (Å²) in [4.78, 5) is 11.9. The highest BCUT2D eigenvalue weighted by atomic mass is 16.5. The van der Waals surface area contributed by atoms with Gasteiger partial charge in [0.25, 0.3) is 0 Å². The largest absolute Gasteiger partial charge is 0.465 e. The van der Waals surface area contributed by atoms with E-state index in [0.29, 0.717) is 11.5 Å². The molecule has 0 spiro atoms. The Morgan fingerprint density at radius 3 is 2.81 bits per heavy atom. The highest BCUT2D eigenvalue weighted by Gasteiger charge is 2.45. The molecule has 0 bridgehead atoms. The number of aliphatic hydroxyl groups is 1. The fourth-order valence-corrected chi connectivity index (χ4v) is 4.74. The number of carbonyl (C=O) groups excluding carboxylic acids is 1. The summed E-state index contributed by atoms with van der Waals surface area (Å²) in [5.74, 6) is 0.00225. The van der Waals surface area contributed by atoms with Gasteiger partial charge in [0.1, 0.15) is 0 Å². The maximum Gasteiger partial charge on any atom is 0.337 e. The molecule has 0 radical (unpaired) electrons. The second-order valence-electron chi connectivity index (χ2n) is 7.51. The standard InChI is InChI=1S/C23H24O3/c1-26-22(25)18-8-10-21-17(13-18)7-9-19-14-20(24)11-12-23(19,21)15-16-5-3-2-4-6-16/h2-10,13,19-20,24H,11-12,14-15H2,1H3.